The highest BCUT2D eigenvalue weighted by molar-refractivity contribution is 7.92. The molecule has 0 spiro atoms. The van der Waals surface area contributed by atoms with Crippen LogP contribution in [0, 0.1) is 5.82 Å². The number of amides is 2. The van der Waals surface area contributed by atoms with Crippen LogP contribution in [0.2, 0.25) is 0 Å². The predicted octanol–water partition coefficient (Wildman–Crippen LogP) is 3.97. The van der Waals surface area contributed by atoms with Gasteiger partial charge in [-0.3, -0.25) is 13.9 Å². The van der Waals surface area contributed by atoms with Gasteiger partial charge in [0.25, 0.3) is 10.0 Å². The topological polar surface area (TPSA) is 96.0 Å². The first-order valence-electron chi connectivity index (χ1n) is 12.2. The van der Waals surface area contributed by atoms with Crippen LogP contribution in [0.25, 0.3) is 0 Å². The van der Waals surface area contributed by atoms with Crippen LogP contribution >= 0.6 is 0 Å². The molecule has 2 amide bonds. The van der Waals surface area contributed by atoms with E-state index in [1.807, 2.05) is 0 Å². The lowest BCUT2D eigenvalue weighted by atomic mass is 10.1. The molecule has 10 heteroatoms. The van der Waals surface area contributed by atoms with E-state index < -0.39 is 34.3 Å². The maximum Gasteiger partial charge on any atom is 0.264 e. The summed E-state index contributed by atoms with van der Waals surface area (Å²) in [5.74, 6) is -0.821. The fourth-order valence-electron chi connectivity index (χ4n) is 3.99. The zero-order valence-corrected chi connectivity index (χ0v) is 22.4. The third-order valence-electron chi connectivity index (χ3n) is 5.97. The highest BCUT2D eigenvalue weighted by atomic mass is 32.2. The number of carbonyl (C=O) groups is 2. The van der Waals surface area contributed by atoms with Gasteiger partial charge in [-0.1, -0.05) is 37.3 Å². The molecule has 0 aromatic heterocycles. The van der Waals surface area contributed by atoms with Gasteiger partial charge >= 0.3 is 0 Å². The number of anilines is 1. The van der Waals surface area contributed by atoms with Gasteiger partial charge in [-0.2, -0.15) is 0 Å². The molecule has 38 heavy (non-hydrogen) atoms. The fourth-order valence-corrected chi connectivity index (χ4v) is 5.43. The molecule has 3 rings (SSSR count). The number of carbonyl (C=O) groups excluding carboxylic acids is 2. The number of hydrogen-bond acceptors (Lipinski definition) is 5. The highest BCUT2D eigenvalue weighted by Gasteiger charge is 2.33. The Bertz CT molecular complexity index is 1320. The minimum atomic E-state index is -4.19. The lowest BCUT2D eigenvalue weighted by Crippen LogP contribution is -2.52. The molecule has 0 aliphatic carbocycles. The molecule has 0 heterocycles. The maximum absolute atomic E-state index is 13.8. The Kier molecular flexibility index (Phi) is 9.84. The second kappa shape index (κ2) is 13.0. The van der Waals surface area contributed by atoms with Crippen molar-refractivity contribution in [2.75, 3.05) is 24.5 Å². The van der Waals surface area contributed by atoms with E-state index in [0.717, 1.165) is 22.0 Å². The van der Waals surface area contributed by atoms with Gasteiger partial charge in [-0.05, 0) is 67.4 Å². The summed E-state index contributed by atoms with van der Waals surface area (Å²) in [6.45, 7) is 3.43. The molecule has 0 unspecified atom stereocenters. The Morgan fingerprint density at radius 3 is 2.13 bits per heavy atom. The van der Waals surface area contributed by atoms with E-state index in [0.29, 0.717) is 18.7 Å². The maximum atomic E-state index is 13.8. The number of sulfonamides is 1. The van der Waals surface area contributed by atoms with Gasteiger partial charge in [-0.15, -0.1) is 0 Å². The van der Waals surface area contributed by atoms with Crippen LogP contribution < -0.4 is 14.4 Å². The van der Waals surface area contributed by atoms with Crippen LogP contribution in [-0.4, -0.2) is 51.4 Å². The summed E-state index contributed by atoms with van der Waals surface area (Å²) >= 11 is 0. The molecule has 1 atom stereocenters. The van der Waals surface area contributed by atoms with E-state index in [1.165, 1.54) is 29.2 Å². The van der Waals surface area contributed by atoms with Gasteiger partial charge in [0.05, 0.1) is 17.7 Å². The van der Waals surface area contributed by atoms with Crippen molar-refractivity contribution in [2.45, 2.75) is 37.8 Å². The van der Waals surface area contributed by atoms with Crippen molar-refractivity contribution in [3.05, 3.63) is 90.2 Å². The monoisotopic (exact) mass is 541 g/mol. The van der Waals surface area contributed by atoms with E-state index in [1.54, 1.807) is 63.4 Å². The minimum absolute atomic E-state index is 0.0189. The number of rotatable bonds is 12. The van der Waals surface area contributed by atoms with Crippen LogP contribution in [0.4, 0.5) is 10.1 Å². The number of benzene rings is 3. The molecular weight excluding hydrogens is 509 g/mol. The molecule has 3 aromatic rings. The summed E-state index contributed by atoms with van der Waals surface area (Å²) in [7, 11) is -2.65. The van der Waals surface area contributed by atoms with E-state index in [9.17, 15) is 22.4 Å². The quantitative estimate of drug-likeness (QED) is 0.374. The van der Waals surface area contributed by atoms with Crippen LogP contribution in [0.15, 0.2) is 83.8 Å². The summed E-state index contributed by atoms with van der Waals surface area (Å²) < 4.78 is 47.1. The predicted molar refractivity (Wildman–Crippen MR) is 144 cm³/mol. The van der Waals surface area contributed by atoms with Crippen LogP contribution in [0.1, 0.15) is 25.8 Å². The van der Waals surface area contributed by atoms with Crippen LogP contribution in [0.5, 0.6) is 5.75 Å². The summed E-state index contributed by atoms with van der Waals surface area (Å²) in [6.07, 6.45) is 0.315. The lowest BCUT2D eigenvalue weighted by Gasteiger charge is -2.33. The van der Waals surface area contributed by atoms with Gasteiger partial charge < -0.3 is 15.0 Å². The molecule has 0 radical (unpaired) electrons. The van der Waals surface area contributed by atoms with Crippen LogP contribution in [0.3, 0.4) is 0 Å². The SMILES string of the molecule is CCNC(=O)[C@H](CC)N(Cc1ccc(OC)cc1)C(=O)CN(c1ccc(F)cc1)S(=O)(=O)c1ccccc1. The zero-order valence-electron chi connectivity index (χ0n) is 21.6. The van der Waals surface area contributed by atoms with Gasteiger partial charge in [0.1, 0.15) is 24.2 Å². The smallest absolute Gasteiger partial charge is 0.264 e. The minimum Gasteiger partial charge on any atom is -0.497 e. The van der Waals surface area contributed by atoms with E-state index >= 15 is 0 Å². The molecule has 0 aliphatic heterocycles. The standard InChI is InChI=1S/C28H32FN3O5S/c1-4-26(28(34)30-5-2)31(19-21-11-17-24(37-3)18-12-21)27(33)20-32(23-15-13-22(29)14-16-23)38(35,36)25-9-7-6-8-10-25/h6-18,26H,4-5,19-20H2,1-3H3,(H,30,34)/t26-/m0/s1. The van der Waals surface area contributed by atoms with Crippen molar-refractivity contribution < 1.29 is 27.1 Å². The molecule has 0 aliphatic rings. The zero-order chi connectivity index (χ0) is 27.7. The number of methoxy groups -OCH3 is 1. The van der Waals surface area contributed by atoms with Crippen molar-refractivity contribution >= 4 is 27.5 Å². The normalized spacial score (nSPS) is 11.9. The number of halogens is 1. The first-order chi connectivity index (χ1) is 18.2. The van der Waals surface area contributed by atoms with Crippen molar-refractivity contribution in [1.29, 1.82) is 0 Å². The van der Waals surface area contributed by atoms with E-state index in [4.69, 9.17) is 4.74 Å². The third kappa shape index (κ3) is 6.89. The number of nitrogens with zero attached hydrogens (tertiary/aromatic N) is 2. The highest BCUT2D eigenvalue weighted by Crippen LogP contribution is 2.25. The number of ether oxygens (including phenoxy) is 1. The molecule has 0 saturated heterocycles. The van der Waals surface area contributed by atoms with Gasteiger partial charge in [0.15, 0.2) is 0 Å². The Hall–Kier alpha value is -3.92. The van der Waals surface area contributed by atoms with Crippen molar-refractivity contribution in [3.8, 4) is 5.75 Å². The average Bonchev–Trinajstić information content (AvgIpc) is 2.93. The first-order valence-corrected chi connectivity index (χ1v) is 13.7. The molecule has 3 aromatic carbocycles. The van der Waals surface area contributed by atoms with E-state index in [-0.39, 0.29) is 23.0 Å². The van der Waals surface area contributed by atoms with Crippen molar-refractivity contribution in [3.63, 3.8) is 0 Å². The van der Waals surface area contributed by atoms with Gasteiger partial charge in [0.2, 0.25) is 11.8 Å². The molecule has 0 saturated carbocycles. The van der Waals surface area contributed by atoms with Gasteiger partial charge in [-0.25, -0.2) is 12.8 Å². The summed E-state index contributed by atoms with van der Waals surface area (Å²) in [4.78, 5) is 28.1. The largest absolute Gasteiger partial charge is 0.497 e. The summed E-state index contributed by atoms with van der Waals surface area (Å²) in [5, 5.41) is 2.76. The second-order valence-electron chi connectivity index (χ2n) is 8.49. The third-order valence-corrected chi connectivity index (χ3v) is 7.76. The Labute approximate surface area is 223 Å². The Morgan fingerprint density at radius 2 is 1.58 bits per heavy atom. The summed E-state index contributed by atoms with van der Waals surface area (Å²) in [6, 6.07) is 18.8. The Morgan fingerprint density at radius 1 is 0.947 bits per heavy atom. The van der Waals surface area contributed by atoms with Crippen LogP contribution in [-0.2, 0) is 26.2 Å². The van der Waals surface area contributed by atoms with Crippen molar-refractivity contribution in [1.82, 2.24) is 10.2 Å². The number of hydrogen-bond donors (Lipinski definition) is 1. The van der Waals surface area contributed by atoms with Gasteiger partial charge in [0, 0.05) is 13.1 Å². The fraction of sp³-hybridized carbons (Fsp3) is 0.286. The molecule has 0 bridgehead atoms. The average molecular weight is 542 g/mol. The van der Waals surface area contributed by atoms with E-state index in [2.05, 4.69) is 5.32 Å². The molecule has 8 nitrogen and oxygen atoms in total. The summed E-state index contributed by atoms with van der Waals surface area (Å²) in [5.41, 5.74) is 0.861. The number of likely N-dealkylation sites (N-methyl/N-ethyl adjacent to an activating group) is 1. The van der Waals surface area contributed by atoms with Crippen molar-refractivity contribution in [2.24, 2.45) is 0 Å². The molecule has 1 N–H and O–H groups in total. The lowest BCUT2D eigenvalue weighted by molar-refractivity contribution is -0.140. The number of nitrogens with one attached hydrogen (secondary N) is 1. The first kappa shape index (κ1) is 28.6. The molecule has 0 fully saturated rings. The Balaban J connectivity index is 2.03. The second-order valence-corrected chi connectivity index (χ2v) is 10.4. The molecular formula is C28H32FN3O5S. The molecule has 202 valence electrons.